The largest absolute Gasteiger partial charge is 0.303 e. The van der Waals surface area contributed by atoms with Crippen LogP contribution in [0.2, 0.25) is 0 Å². The van der Waals surface area contributed by atoms with E-state index in [4.69, 9.17) is 0 Å². The van der Waals surface area contributed by atoms with Crippen molar-refractivity contribution in [1.82, 2.24) is 14.1 Å². The quantitative estimate of drug-likeness (QED) is 0.687. The van der Waals surface area contributed by atoms with Gasteiger partial charge in [-0.05, 0) is 81.8 Å². The normalized spacial score (nSPS) is 27.7. The van der Waals surface area contributed by atoms with Crippen molar-refractivity contribution in [2.75, 3.05) is 58.6 Å². The highest BCUT2D eigenvalue weighted by atomic mass is 32.2. The molecule has 4 heteroatoms. The van der Waals surface area contributed by atoms with Gasteiger partial charge in [-0.15, -0.1) is 0 Å². The van der Waals surface area contributed by atoms with Crippen molar-refractivity contribution in [2.45, 2.75) is 39.5 Å². The molecule has 134 valence electrons. The lowest BCUT2D eigenvalue weighted by Crippen LogP contribution is -2.50. The van der Waals surface area contributed by atoms with E-state index in [0.717, 1.165) is 23.7 Å². The van der Waals surface area contributed by atoms with E-state index in [1.807, 2.05) is 11.9 Å². The van der Waals surface area contributed by atoms with Crippen LogP contribution in [0.1, 0.15) is 39.5 Å². The van der Waals surface area contributed by atoms with Crippen LogP contribution < -0.4 is 0 Å². The number of nitrogens with zero attached hydrogens (tertiary/aromatic N) is 3. The van der Waals surface area contributed by atoms with Crippen LogP contribution in [0.5, 0.6) is 0 Å². The summed E-state index contributed by atoms with van der Waals surface area (Å²) in [6.45, 7) is 15.6. The van der Waals surface area contributed by atoms with Gasteiger partial charge in [0.25, 0.3) is 0 Å². The fraction of sp³-hybridized carbons (Fsp3) is 1.00. The van der Waals surface area contributed by atoms with Gasteiger partial charge < -0.3 is 9.80 Å². The number of hydrogen-bond donors (Lipinski definition) is 0. The first-order chi connectivity index (χ1) is 11.1. The van der Waals surface area contributed by atoms with Gasteiger partial charge in [-0.2, -0.15) is 0 Å². The van der Waals surface area contributed by atoms with Crippen LogP contribution in [0.3, 0.4) is 0 Å². The summed E-state index contributed by atoms with van der Waals surface area (Å²) >= 11 is 1.91. The van der Waals surface area contributed by atoms with Crippen LogP contribution >= 0.6 is 11.9 Å². The van der Waals surface area contributed by atoms with Crippen LogP contribution in [-0.2, 0) is 0 Å². The first-order valence-corrected chi connectivity index (χ1v) is 11.1. The molecule has 0 aromatic rings. The van der Waals surface area contributed by atoms with Gasteiger partial charge >= 0.3 is 0 Å². The number of likely N-dealkylation sites (tertiary alicyclic amines) is 2. The number of hydrogen-bond acceptors (Lipinski definition) is 4. The Kier molecular flexibility index (Phi) is 6.70. The van der Waals surface area contributed by atoms with Crippen LogP contribution in [-0.4, -0.2) is 72.7 Å². The summed E-state index contributed by atoms with van der Waals surface area (Å²) in [5.74, 6) is 3.77. The molecule has 0 amide bonds. The van der Waals surface area contributed by atoms with Crippen molar-refractivity contribution in [3.05, 3.63) is 0 Å². The third-order valence-electron chi connectivity index (χ3n) is 6.50. The molecular formula is C19H37N3S. The molecule has 3 aliphatic rings. The van der Waals surface area contributed by atoms with E-state index in [9.17, 15) is 0 Å². The molecule has 3 rings (SSSR count). The van der Waals surface area contributed by atoms with Gasteiger partial charge in [0.15, 0.2) is 0 Å². The topological polar surface area (TPSA) is 9.72 Å². The highest BCUT2D eigenvalue weighted by Gasteiger charge is 2.30. The van der Waals surface area contributed by atoms with Gasteiger partial charge in [0.05, 0.1) is 0 Å². The fourth-order valence-corrected chi connectivity index (χ4v) is 5.39. The molecule has 3 aliphatic heterocycles. The minimum Gasteiger partial charge on any atom is -0.303 e. The van der Waals surface area contributed by atoms with E-state index in [0.29, 0.717) is 0 Å². The molecule has 0 spiro atoms. The van der Waals surface area contributed by atoms with Crippen LogP contribution in [0.15, 0.2) is 0 Å². The van der Waals surface area contributed by atoms with E-state index >= 15 is 0 Å². The second-order valence-corrected chi connectivity index (χ2v) is 9.40. The summed E-state index contributed by atoms with van der Waals surface area (Å²) in [5.41, 5.74) is 0. The Morgan fingerprint density at radius 3 is 1.87 bits per heavy atom. The first kappa shape index (κ1) is 18.0. The third kappa shape index (κ3) is 5.10. The first-order valence-electron chi connectivity index (χ1n) is 9.87. The van der Waals surface area contributed by atoms with Gasteiger partial charge in [0.1, 0.15) is 0 Å². The zero-order valence-electron chi connectivity index (χ0n) is 15.5. The zero-order chi connectivity index (χ0) is 16.2. The minimum absolute atomic E-state index is 0.883. The molecule has 0 unspecified atom stereocenters. The van der Waals surface area contributed by atoms with E-state index in [1.54, 1.807) is 0 Å². The molecule has 0 N–H and O–H groups in total. The Labute approximate surface area is 148 Å². The molecule has 3 nitrogen and oxygen atoms in total. The molecular weight excluding hydrogens is 302 g/mol. The molecule has 0 atom stereocenters. The van der Waals surface area contributed by atoms with Gasteiger partial charge in [-0.25, -0.2) is 0 Å². The smallest absolute Gasteiger partial charge is 0.0143 e. The average molecular weight is 340 g/mol. The molecule has 0 saturated carbocycles. The van der Waals surface area contributed by atoms with Gasteiger partial charge in [-0.1, -0.05) is 25.8 Å². The SMILES string of the molecule is CSN1CC(CN2CCC(CN3CCC(C(C)C)CC3)CC2)C1. The molecule has 0 bridgehead atoms. The Balaban J connectivity index is 1.29. The van der Waals surface area contributed by atoms with Crippen molar-refractivity contribution in [2.24, 2.45) is 23.7 Å². The van der Waals surface area contributed by atoms with E-state index in [2.05, 4.69) is 34.2 Å². The second kappa shape index (κ2) is 8.55. The maximum atomic E-state index is 2.77. The van der Waals surface area contributed by atoms with Crippen molar-refractivity contribution in [3.8, 4) is 0 Å². The van der Waals surface area contributed by atoms with Crippen LogP contribution in [0.4, 0.5) is 0 Å². The lowest BCUT2D eigenvalue weighted by Gasteiger charge is -2.42. The van der Waals surface area contributed by atoms with Crippen molar-refractivity contribution in [1.29, 1.82) is 0 Å². The predicted octanol–water partition coefficient (Wildman–Crippen LogP) is 3.28. The fourth-order valence-electron chi connectivity index (χ4n) is 4.67. The predicted molar refractivity (Wildman–Crippen MR) is 102 cm³/mol. The van der Waals surface area contributed by atoms with Crippen molar-refractivity contribution in [3.63, 3.8) is 0 Å². The van der Waals surface area contributed by atoms with Crippen molar-refractivity contribution < 1.29 is 0 Å². The van der Waals surface area contributed by atoms with E-state index < -0.39 is 0 Å². The Hall–Kier alpha value is 0.230. The van der Waals surface area contributed by atoms with E-state index in [1.165, 1.54) is 78.0 Å². The summed E-state index contributed by atoms with van der Waals surface area (Å²) < 4.78 is 2.48. The van der Waals surface area contributed by atoms with Gasteiger partial charge in [-0.3, -0.25) is 4.31 Å². The summed E-state index contributed by atoms with van der Waals surface area (Å²) in [4.78, 5) is 5.51. The van der Waals surface area contributed by atoms with Crippen molar-refractivity contribution >= 4 is 11.9 Å². The molecule has 3 saturated heterocycles. The average Bonchev–Trinajstić information content (AvgIpc) is 2.52. The molecule has 0 aromatic heterocycles. The second-order valence-electron chi connectivity index (χ2n) is 8.52. The molecule has 23 heavy (non-hydrogen) atoms. The number of piperidine rings is 2. The summed E-state index contributed by atoms with van der Waals surface area (Å²) in [6, 6.07) is 0. The highest BCUT2D eigenvalue weighted by molar-refractivity contribution is 7.96. The monoisotopic (exact) mass is 339 g/mol. The lowest BCUT2D eigenvalue weighted by atomic mass is 9.86. The van der Waals surface area contributed by atoms with E-state index in [-0.39, 0.29) is 0 Å². The summed E-state index contributed by atoms with van der Waals surface area (Å²) in [6.07, 6.45) is 7.94. The molecule has 3 fully saturated rings. The molecule has 0 radical (unpaired) electrons. The maximum absolute atomic E-state index is 2.77. The molecule has 0 aliphatic carbocycles. The highest BCUT2D eigenvalue weighted by Crippen LogP contribution is 2.28. The van der Waals surface area contributed by atoms with Gasteiger partial charge in [0, 0.05) is 26.2 Å². The minimum atomic E-state index is 0.883. The Morgan fingerprint density at radius 1 is 0.826 bits per heavy atom. The molecule has 0 aromatic carbocycles. The third-order valence-corrected chi connectivity index (χ3v) is 7.31. The summed E-state index contributed by atoms with van der Waals surface area (Å²) in [5, 5.41) is 0. The Morgan fingerprint density at radius 2 is 1.35 bits per heavy atom. The number of rotatable bonds is 6. The van der Waals surface area contributed by atoms with Crippen LogP contribution in [0.25, 0.3) is 0 Å². The van der Waals surface area contributed by atoms with Crippen LogP contribution in [0, 0.1) is 23.7 Å². The standard InChI is InChI=1S/C19H37N3S/c1-16(2)19-6-10-21(11-7-19)12-17-4-8-20(9-5-17)13-18-14-22(15-18)23-3/h16-19H,4-15H2,1-3H3. The lowest BCUT2D eigenvalue weighted by molar-refractivity contribution is 0.0852. The summed E-state index contributed by atoms with van der Waals surface area (Å²) in [7, 11) is 0. The Bertz CT molecular complexity index is 341. The molecule has 3 heterocycles. The maximum Gasteiger partial charge on any atom is 0.0143 e. The zero-order valence-corrected chi connectivity index (χ0v) is 16.4. The van der Waals surface area contributed by atoms with Gasteiger partial charge in [0.2, 0.25) is 0 Å².